The van der Waals surface area contributed by atoms with Crippen molar-refractivity contribution in [3.8, 4) is 11.5 Å². The number of carbonyl (C=O) groups excluding carboxylic acids is 1. The predicted molar refractivity (Wildman–Crippen MR) is 104 cm³/mol. The van der Waals surface area contributed by atoms with Crippen molar-refractivity contribution in [1.82, 2.24) is 5.32 Å². The lowest BCUT2D eigenvalue weighted by Crippen LogP contribution is -2.24. The summed E-state index contributed by atoms with van der Waals surface area (Å²) in [5, 5.41) is 2.83. The highest BCUT2D eigenvalue weighted by Crippen LogP contribution is 2.24. The minimum Gasteiger partial charge on any atom is -0.497 e. The van der Waals surface area contributed by atoms with Crippen LogP contribution >= 0.6 is 0 Å². The molecule has 0 heterocycles. The average molecular weight is 391 g/mol. The lowest BCUT2D eigenvalue weighted by Gasteiger charge is -2.10. The van der Waals surface area contributed by atoms with E-state index in [9.17, 15) is 13.2 Å². The fraction of sp³-hybridized carbons (Fsp3) is 0.350. The van der Waals surface area contributed by atoms with Crippen LogP contribution in [0, 0.1) is 0 Å². The van der Waals surface area contributed by atoms with Gasteiger partial charge in [0.2, 0.25) is 0 Å². The summed E-state index contributed by atoms with van der Waals surface area (Å²) in [6, 6.07) is 12.3. The predicted octanol–water partition coefficient (Wildman–Crippen LogP) is 2.86. The Bertz CT molecular complexity index is 876. The van der Waals surface area contributed by atoms with E-state index in [2.05, 4.69) is 5.32 Å². The fourth-order valence-corrected chi connectivity index (χ4v) is 3.52. The summed E-state index contributed by atoms with van der Waals surface area (Å²) in [4.78, 5) is 12.3. The molecule has 7 heteroatoms. The van der Waals surface area contributed by atoms with Crippen LogP contribution in [0.25, 0.3) is 0 Å². The maximum atomic E-state index is 12.3. The van der Waals surface area contributed by atoms with E-state index in [1.807, 2.05) is 24.3 Å². The van der Waals surface area contributed by atoms with Crippen molar-refractivity contribution in [2.45, 2.75) is 24.2 Å². The maximum Gasteiger partial charge on any atom is 0.251 e. The zero-order chi connectivity index (χ0) is 19.9. The molecule has 0 saturated heterocycles. The van der Waals surface area contributed by atoms with Gasteiger partial charge in [-0.25, -0.2) is 8.42 Å². The third-order valence-electron chi connectivity index (χ3n) is 4.16. The van der Waals surface area contributed by atoms with Gasteiger partial charge in [0.05, 0.1) is 14.2 Å². The van der Waals surface area contributed by atoms with Gasteiger partial charge in [-0.1, -0.05) is 12.1 Å². The highest BCUT2D eigenvalue weighted by atomic mass is 32.2. The van der Waals surface area contributed by atoms with Crippen LogP contribution < -0.4 is 14.8 Å². The Labute approximate surface area is 160 Å². The maximum absolute atomic E-state index is 12.3. The molecule has 0 saturated carbocycles. The Morgan fingerprint density at radius 3 is 2.30 bits per heavy atom. The van der Waals surface area contributed by atoms with Crippen LogP contribution in [-0.2, 0) is 16.3 Å². The number of sulfone groups is 1. The standard InChI is InChI=1S/C20H25NO5S/c1-25-17-10-7-15(8-11-17)6-4-5-13-21-20(22)16-9-12-18(26-2)19(14-16)27(3,23)24/h7-12,14H,4-6,13H2,1-3H3,(H,21,22). The lowest BCUT2D eigenvalue weighted by atomic mass is 10.1. The van der Waals surface area contributed by atoms with E-state index >= 15 is 0 Å². The van der Waals surface area contributed by atoms with Crippen molar-refractivity contribution in [3.63, 3.8) is 0 Å². The van der Waals surface area contributed by atoms with Crippen molar-refractivity contribution in [2.24, 2.45) is 0 Å². The Morgan fingerprint density at radius 2 is 1.70 bits per heavy atom. The first-order chi connectivity index (χ1) is 12.8. The number of unbranched alkanes of at least 4 members (excludes halogenated alkanes) is 1. The first-order valence-electron chi connectivity index (χ1n) is 8.64. The van der Waals surface area contributed by atoms with Crippen LogP contribution in [0.5, 0.6) is 11.5 Å². The second kappa shape index (κ2) is 9.41. The number of hydrogen-bond donors (Lipinski definition) is 1. The number of ether oxygens (including phenoxy) is 2. The van der Waals surface area contributed by atoms with Crippen molar-refractivity contribution >= 4 is 15.7 Å². The van der Waals surface area contributed by atoms with E-state index < -0.39 is 9.84 Å². The van der Waals surface area contributed by atoms with Crippen molar-refractivity contribution in [2.75, 3.05) is 27.0 Å². The molecular weight excluding hydrogens is 366 g/mol. The largest absolute Gasteiger partial charge is 0.497 e. The minimum absolute atomic E-state index is 0.0113. The van der Waals surface area contributed by atoms with Gasteiger partial charge in [-0.2, -0.15) is 0 Å². The smallest absolute Gasteiger partial charge is 0.251 e. The molecule has 0 aliphatic carbocycles. The molecule has 1 N–H and O–H groups in total. The first-order valence-corrected chi connectivity index (χ1v) is 10.5. The molecule has 2 aromatic carbocycles. The summed E-state index contributed by atoms with van der Waals surface area (Å²) >= 11 is 0. The molecule has 0 aliphatic rings. The first kappa shape index (κ1) is 20.8. The van der Waals surface area contributed by atoms with E-state index in [1.54, 1.807) is 13.2 Å². The van der Waals surface area contributed by atoms with Crippen LogP contribution in [0.3, 0.4) is 0 Å². The number of amides is 1. The Kier molecular flexibility index (Phi) is 7.24. The van der Waals surface area contributed by atoms with E-state index in [0.717, 1.165) is 31.3 Å². The molecule has 6 nitrogen and oxygen atoms in total. The summed E-state index contributed by atoms with van der Waals surface area (Å²) in [6.07, 6.45) is 3.77. The molecular formula is C20H25NO5S. The quantitative estimate of drug-likeness (QED) is 0.665. The monoisotopic (exact) mass is 391 g/mol. The van der Waals surface area contributed by atoms with Crippen LogP contribution in [0.15, 0.2) is 47.4 Å². The molecule has 2 aromatic rings. The molecule has 0 unspecified atom stereocenters. The highest BCUT2D eigenvalue weighted by molar-refractivity contribution is 7.90. The molecule has 0 fully saturated rings. The molecule has 0 atom stereocenters. The third-order valence-corrected chi connectivity index (χ3v) is 5.28. The van der Waals surface area contributed by atoms with Crippen LogP contribution in [-0.4, -0.2) is 41.3 Å². The average Bonchev–Trinajstić information content (AvgIpc) is 2.66. The fourth-order valence-electron chi connectivity index (χ4n) is 2.66. The Hall–Kier alpha value is -2.54. The molecule has 1 amide bonds. The third kappa shape index (κ3) is 5.99. The lowest BCUT2D eigenvalue weighted by molar-refractivity contribution is 0.0952. The number of methoxy groups -OCH3 is 2. The number of benzene rings is 2. The van der Waals surface area contributed by atoms with Gasteiger partial charge in [0.15, 0.2) is 9.84 Å². The number of hydrogen-bond acceptors (Lipinski definition) is 5. The molecule has 0 radical (unpaired) electrons. The van der Waals surface area contributed by atoms with Gasteiger partial charge in [0, 0.05) is 18.4 Å². The van der Waals surface area contributed by atoms with Gasteiger partial charge >= 0.3 is 0 Å². The number of aryl methyl sites for hydroxylation is 1. The molecule has 0 aromatic heterocycles. The number of rotatable bonds is 9. The van der Waals surface area contributed by atoms with Gasteiger partial charge in [-0.3, -0.25) is 4.79 Å². The van der Waals surface area contributed by atoms with Crippen LogP contribution in [0.4, 0.5) is 0 Å². The van der Waals surface area contributed by atoms with Crippen molar-refractivity contribution in [1.29, 1.82) is 0 Å². The molecule has 2 rings (SSSR count). The topological polar surface area (TPSA) is 81.7 Å². The second-order valence-electron chi connectivity index (χ2n) is 6.20. The number of carbonyl (C=O) groups is 1. The normalized spacial score (nSPS) is 11.1. The van der Waals surface area contributed by atoms with Crippen LogP contribution in [0.1, 0.15) is 28.8 Å². The van der Waals surface area contributed by atoms with Gasteiger partial charge < -0.3 is 14.8 Å². The number of nitrogens with one attached hydrogen (secondary N) is 1. The van der Waals surface area contributed by atoms with Gasteiger partial charge in [0.1, 0.15) is 16.4 Å². The molecule has 27 heavy (non-hydrogen) atoms. The van der Waals surface area contributed by atoms with E-state index in [4.69, 9.17) is 9.47 Å². The van der Waals surface area contributed by atoms with Crippen molar-refractivity contribution in [3.05, 3.63) is 53.6 Å². The summed E-state index contributed by atoms with van der Waals surface area (Å²) in [6.45, 7) is 0.523. The summed E-state index contributed by atoms with van der Waals surface area (Å²) in [5.41, 5.74) is 1.52. The van der Waals surface area contributed by atoms with Gasteiger partial charge in [-0.15, -0.1) is 0 Å². The zero-order valence-corrected chi connectivity index (χ0v) is 16.6. The summed E-state index contributed by atoms with van der Waals surface area (Å²) in [5.74, 6) is 0.763. The van der Waals surface area contributed by atoms with Gasteiger partial charge in [-0.05, 0) is 55.2 Å². The Morgan fingerprint density at radius 1 is 1.00 bits per heavy atom. The summed E-state index contributed by atoms with van der Waals surface area (Å²) < 4.78 is 33.9. The zero-order valence-electron chi connectivity index (χ0n) is 15.8. The van der Waals surface area contributed by atoms with E-state index in [-0.39, 0.29) is 16.6 Å². The van der Waals surface area contributed by atoms with Crippen LogP contribution in [0.2, 0.25) is 0 Å². The molecule has 0 bridgehead atoms. The highest BCUT2D eigenvalue weighted by Gasteiger charge is 2.17. The summed E-state index contributed by atoms with van der Waals surface area (Å²) in [7, 11) is -0.447. The molecule has 0 aliphatic heterocycles. The van der Waals surface area contributed by atoms with E-state index in [1.165, 1.54) is 24.8 Å². The van der Waals surface area contributed by atoms with Crippen molar-refractivity contribution < 1.29 is 22.7 Å². The molecule has 0 spiro atoms. The Balaban J connectivity index is 1.85. The van der Waals surface area contributed by atoms with E-state index in [0.29, 0.717) is 12.1 Å². The molecule has 146 valence electrons. The SMILES string of the molecule is COc1ccc(CCCCNC(=O)c2ccc(OC)c(S(C)(=O)=O)c2)cc1. The second-order valence-corrected chi connectivity index (χ2v) is 8.18. The van der Waals surface area contributed by atoms with Gasteiger partial charge in [0.25, 0.3) is 5.91 Å². The minimum atomic E-state index is -3.48.